The number of anilines is 15. The summed E-state index contributed by atoms with van der Waals surface area (Å²) in [5, 5.41) is 87.2. The van der Waals surface area contributed by atoms with E-state index in [1.807, 2.05) is 195 Å². The fraction of sp³-hybridized carbons (Fsp3) is 0.204. The molecule has 1 aliphatic rings. The summed E-state index contributed by atoms with van der Waals surface area (Å²) in [5.74, 6) is 8.64. The molecule has 0 unspecified atom stereocenters. The van der Waals surface area contributed by atoms with E-state index in [1.165, 1.54) is 23.2 Å². The predicted molar refractivity (Wildman–Crippen MR) is 572 cm³/mol. The maximum atomic E-state index is 11.9. The molecule has 15 heterocycles. The third kappa shape index (κ3) is 23.0. The van der Waals surface area contributed by atoms with Gasteiger partial charge in [-0.15, -0.1) is 0 Å². The number of aromatic nitrogens is 20. The molecule has 36 nitrogen and oxygen atoms in total. The van der Waals surface area contributed by atoms with Gasteiger partial charge in [0.1, 0.15) is 69.7 Å². The quantitative estimate of drug-likeness (QED) is 0.0253. The summed E-state index contributed by atoms with van der Waals surface area (Å²) in [7, 11) is 3.29. The first kappa shape index (κ1) is 97.9. The van der Waals surface area contributed by atoms with Gasteiger partial charge in [-0.2, -0.15) is 25.5 Å². The lowest BCUT2D eigenvalue weighted by Gasteiger charge is -2.16. The van der Waals surface area contributed by atoms with Crippen LogP contribution in [0.1, 0.15) is 88.0 Å². The normalized spacial score (nSPS) is 11.7. The molecule has 730 valence electrons. The van der Waals surface area contributed by atoms with Crippen LogP contribution in [0.3, 0.4) is 0 Å². The zero-order valence-corrected chi connectivity index (χ0v) is 81.6. The van der Waals surface area contributed by atoms with Crippen LogP contribution < -0.4 is 60.6 Å². The molecule has 20 N–H and O–H groups in total. The number of pyridine rings is 10. The van der Waals surface area contributed by atoms with Gasteiger partial charge in [-0.1, -0.05) is 121 Å². The molecule has 1 amide bonds. The van der Waals surface area contributed by atoms with E-state index in [0.717, 1.165) is 167 Å². The molecular weight excluding hydrogens is 1810 g/mol. The van der Waals surface area contributed by atoms with Gasteiger partial charge in [-0.3, -0.25) is 23.5 Å². The number of carbonyl (C=O) groups is 1. The van der Waals surface area contributed by atoms with Gasteiger partial charge < -0.3 is 81.0 Å². The number of fused-ring (bicyclic) bond motifs is 5. The van der Waals surface area contributed by atoms with Crippen molar-refractivity contribution in [2.45, 2.75) is 113 Å². The first-order valence-corrected chi connectivity index (χ1v) is 46.9. The van der Waals surface area contributed by atoms with E-state index in [1.54, 1.807) is 85.2 Å². The summed E-state index contributed by atoms with van der Waals surface area (Å²) in [6.45, 7) is 19.5. The molecule has 15 aromatic heterocycles. The Morgan fingerprint density at radius 1 is 0.389 bits per heavy atom. The van der Waals surface area contributed by atoms with Gasteiger partial charge in [0, 0.05) is 148 Å². The first-order chi connectivity index (χ1) is 69.4. The summed E-state index contributed by atoms with van der Waals surface area (Å²) in [5.41, 5.74) is 49.6. The number of nitrogens with one attached hydrogen (secondary N) is 6. The number of aryl methyl sites for hydroxylation is 8. The third-order valence-corrected chi connectivity index (χ3v) is 24.3. The van der Waals surface area contributed by atoms with Gasteiger partial charge in [0.25, 0.3) is 5.91 Å². The van der Waals surface area contributed by atoms with E-state index < -0.39 is 5.60 Å². The third-order valence-electron chi connectivity index (χ3n) is 24.3. The zero-order valence-electron chi connectivity index (χ0n) is 81.6. The van der Waals surface area contributed by atoms with Crippen molar-refractivity contribution >= 4 is 147 Å². The van der Waals surface area contributed by atoms with E-state index in [9.17, 15) is 20.1 Å². The predicted octanol–water partition coefficient (Wildman–Crippen LogP) is 17.8. The molecule has 1 fully saturated rings. The number of nitrogen functional groups attached to an aromatic ring is 5. The topological polar surface area (TPSA) is 518 Å². The molecule has 20 aromatic rings. The van der Waals surface area contributed by atoms with E-state index >= 15 is 0 Å². The van der Waals surface area contributed by atoms with Crippen LogP contribution in [0, 0.1) is 48.5 Å². The van der Waals surface area contributed by atoms with E-state index in [-0.39, 0.29) is 25.7 Å². The standard InChI is InChI=1S/C23H24N6O.C22H24N6O.C21H21N7O.2C21H22N6O/c1-14-4-2-3-5-17(14)19-10-16-11-21(25-13-18(16)23(24)26-19)27-22-12-20(15-6-7-15)29(28-22)8-9-30;1-14-6-4-5-7-17(14)19-8-15-9-20(24-11-18(15)21(23)27-19)26-16-10-25-28(12-16)13-22(2,3)29;1-12-6-4-5-7-14(12)16-8-13-9-18(24-11-15(13)20(22)25-16)26-19-10-17(21(29)23-2)28(3)27-19;1-13-5-3-4-6-16(13)18-10-15-11-19(23-12-17(15)21(22)24-18)25-20-9-14(2)27(26-20)7-8-28;1-13-5-3-4-6-16(13)18-10-15-11-19(23-12-17(15)21(22)24-18)25-20-9-14(2)26-27(20)7-8-28/h2-5,10-13,15,30H,6-9H2,1H3,(H2,24,26)(H,25,27,28);4-12,29H,13H2,1-3H3,(H2,23,27)(H,24,26);4-11H,1-3H3,(H2,22,25)(H,23,29)(H,24,26,27);3-6,9-12,28H,7-8H2,1-2H3,(H2,22,24)(H,23,25,26);3-6,9-12,28H,7-8H2,1-2H3,(H2,22,24)(H,23,25). The minimum atomic E-state index is -0.832. The number of hydrogen-bond acceptors (Lipinski definition) is 30. The lowest BCUT2D eigenvalue weighted by molar-refractivity contribution is 0.0577. The Balaban J connectivity index is 0.000000123. The minimum Gasteiger partial charge on any atom is -0.394 e. The lowest BCUT2D eigenvalue weighted by Crippen LogP contribution is -2.26. The number of nitrogens with zero attached hydrogens (tertiary/aromatic N) is 20. The van der Waals surface area contributed by atoms with Crippen LogP contribution in [0.2, 0.25) is 0 Å². The first-order valence-electron chi connectivity index (χ1n) is 46.9. The second-order valence-electron chi connectivity index (χ2n) is 35.9. The molecule has 0 atom stereocenters. The zero-order chi connectivity index (χ0) is 101. The van der Waals surface area contributed by atoms with Crippen molar-refractivity contribution in [1.82, 2.24) is 104 Å². The van der Waals surface area contributed by atoms with Crippen LogP contribution >= 0.6 is 0 Å². The molecule has 36 heteroatoms. The molecule has 0 radical (unpaired) electrons. The SMILES string of the molecule is CNC(=O)c1cc(Nc2cc3cc(-c4ccccc4C)nc(N)c3cn2)nn1C.Cc1cc(Nc2cc3cc(-c4ccccc4C)nc(N)c3cn2)n(CCO)n1.Cc1ccccc1-c1cc2cc(Nc3cc(C)n(CCO)n3)ncc2c(N)n1.Cc1ccccc1-c1cc2cc(Nc3cc(C4CC4)n(CCO)n3)ncc2c(N)n1.Cc1ccccc1-c1cc2cc(Nc3cnn(CC(C)(C)O)c3)ncc2c(N)n1. The Kier molecular flexibility index (Phi) is 29.2. The minimum absolute atomic E-state index is 0.0168. The summed E-state index contributed by atoms with van der Waals surface area (Å²) in [4.78, 5) is 56.9. The van der Waals surface area contributed by atoms with Crippen LogP contribution in [0.5, 0.6) is 0 Å². The number of aliphatic hydroxyl groups excluding tert-OH is 3. The number of aliphatic hydroxyl groups is 4. The molecule has 1 saturated carbocycles. The fourth-order valence-electron chi connectivity index (χ4n) is 16.9. The van der Waals surface area contributed by atoms with Crippen LogP contribution in [0.4, 0.5) is 87.1 Å². The maximum absolute atomic E-state index is 11.9. The Morgan fingerprint density at radius 3 is 1.08 bits per heavy atom. The monoisotopic (exact) mass is 1920 g/mol. The molecule has 5 aromatic carbocycles. The highest BCUT2D eigenvalue weighted by Gasteiger charge is 2.29. The average Bonchev–Trinajstić information content (AvgIpc) is 1.11. The average molecular weight is 1930 g/mol. The highest BCUT2D eigenvalue weighted by molar-refractivity contribution is 6.00. The van der Waals surface area contributed by atoms with Gasteiger partial charge in [0.2, 0.25) is 0 Å². The molecule has 0 saturated heterocycles. The van der Waals surface area contributed by atoms with Crippen LogP contribution in [0.25, 0.3) is 110 Å². The summed E-state index contributed by atoms with van der Waals surface area (Å²) >= 11 is 0. The van der Waals surface area contributed by atoms with Crippen molar-refractivity contribution in [3.05, 3.63) is 300 Å². The van der Waals surface area contributed by atoms with Crippen molar-refractivity contribution in [1.29, 1.82) is 0 Å². The molecule has 0 spiro atoms. The van der Waals surface area contributed by atoms with Gasteiger partial charge in [-0.25, -0.2) is 54.5 Å². The van der Waals surface area contributed by atoms with Gasteiger partial charge in [-0.05, 0) is 191 Å². The van der Waals surface area contributed by atoms with Crippen molar-refractivity contribution in [3.8, 4) is 56.3 Å². The highest BCUT2D eigenvalue weighted by Crippen LogP contribution is 2.42. The fourth-order valence-corrected chi connectivity index (χ4v) is 16.9. The van der Waals surface area contributed by atoms with E-state index in [4.69, 9.17) is 33.8 Å². The number of carbonyl (C=O) groups excluding carboxylic acids is 1. The Labute approximate surface area is 830 Å². The largest absolute Gasteiger partial charge is 0.394 e. The molecule has 144 heavy (non-hydrogen) atoms. The van der Waals surface area contributed by atoms with Crippen molar-refractivity contribution in [2.24, 2.45) is 7.05 Å². The highest BCUT2D eigenvalue weighted by atomic mass is 16.3. The molecule has 21 rings (SSSR count). The number of nitrogens with two attached hydrogens (primary N) is 5. The second-order valence-corrected chi connectivity index (χ2v) is 35.9. The van der Waals surface area contributed by atoms with Crippen molar-refractivity contribution in [2.75, 3.05) is 82.1 Å². The molecule has 1 aliphatic carbocycles. The molecule has 0 bridgehead atoms. The van der Waals surface area contributed by atoms with Gasteiger partial charge >= 0.3 is 0 Å². The van der Waals surface area contributed by atoms with Crippen LogP contribution in [0.15, 0.2) is 250 Å². The Hall–Kier alpha value is -17.7. The smallest absolute Gasteiger partial charge is 0.269 e. The number of hydrogen-bond donors (Lipinski definition) is 15. The second kappa shape index (κ2) is 42.9. The van der Waals surface area contributed by atoms with Crippen LogP contribution in [-0.2, 0) is 33.2 Å². The number of amides is 1. The Morgan fingerprint density at radius 2 is 0.722 bits per heavy atom. The summed E-state index contributed by atoms with van der Waals surface area (Å²) in [6, 6.07) is 67.9. The summed E-state index contributed by atoms with van der Waals surface area (Å²) < 4.78 is 8.57. The van der Waals surface area contributed by atoms with Gasteiger partial charge in [0.15, 0.2) is 17.5 Å². The summed E-state index contributed by atoms with van der Waals surface area (Å²) in [6.07, 6.45) is 14.5. The molecule has 0 aliphatic heterocycles. The molecular formula is C108H113N31O5. The van der Waals surface area contributed by atoms with Crippen molar-refractivity contribution in [3.63, 3.8) is 0 Å². The lowest BCUT2D eigenvalue weighted by atomic mass is 10.0. The van der Waals surface area contributed by atoms with E-state index in [2.05, 4.69) is 171 Å². The Bertz CT molecular complexity index is 8110. The van der Waals surface area contributed by atoms with Gasteiger partial charge in [0.05, 0.1) is 97.6 Å². The van der Waals surface area contributed by atoms with Crippen molar-refractivity contribution < 1.29 is 25.2 Å². The number of benzene rings is 5. The van der Waals surface area contributed by atoms with Crippen LogP contribution in [-0.4, -0.2) is 158 Å². The van der Waals surface area contributed by atoms with E-state index in [0.29, 0.717) is 108 Å². The number of rotatable bonds is 25. The maximum Gasteiger partial charge on any atom is 0.269 e.